The summed E-state index contributed by atoms with van der Waals surface area (Å²) in [5, 5.41) is 3.55. The molecule has 1 aromatic rings. The third-order valence-corrected chi connectivity index (χ3v) is 3.10. The molecule has 0 bridgehead atoms. The topological polar surface area (TPSA) is 33.1 Å². The fraction of sp³-hybridized carbons (Fsp3) is 0.769. The van der Waals surface area contributed by atoms with Gasteiger partial charge in [-0.15, -0.1) is 0 Å². The lowest BCUT2D eigenvalue weighted by Gasteiger charge is -2.37. The summed E-state index contributed by atoms with van der Waals surface area (Å²) in [4.78, 5) is 6.92. The molecule has 2 atom stereocenters. The Hall–Kier alpha value is -1.03. The van der Waals surface area contributed by atoms with Crippen LogP contribution >= 0.6 is 0 Å². The first kappa shape index (κ1) is 12.4. The molecule has 1 N–H and O–H groups in total. The third-order valence-electron chi connectivity index (χ3n) is 3.10. The van der Waals surface area contributed by atoms with E-state index >= 15 is 0 Å². The SMILES string of the molecule is CC(C)Cn1ccnc1N1CC(C)NC(C)C1. The molecule has 0 spiro atoms. The Balaban J connectivity index is 2.13. The minimum Gasteiger partial charge on any atom is -0.339 e. The van der Waals surface area contributed by atoms with Crippen molar-refractivity contribution < 1.29 is 0 Å². The first-order chi connectivity index (χ1) is 8.06. The highest BCUT2D eigenvalue weighted by atomic mass is 15.3. The van der Waals surface area contributed by atoms with Gasteiger partial charge in [-0.25, -0.2) is 4.98 Å². The van der Waals surface area contributed by atoms with E-state index in [0.29, 0.717) is 18.0 Å². The second kappa shape index (κ2) is 5.08. The molecule has 1 fully saturated rings. The van der Waals surface area contributed by atoms with E-state index in [0.717, 1.165) is 25.6 Å². The van der Waals surface area contributed by atoms with Gasteiger partial charge >= 0.3 is 0 Å². The van der Waals surface area contributed by atoms with Crippen LogP contribution in [-0.4, -0.2) is 34.7 Å². The predicted octanol–water partition coefficient (Wildman–Crippen LogP) is 1.73. The Bertz CT molecular complexity index is 348. The van der Waals surface area contributed by atoms with Crippen molar-refractivity contribution in [3.63, 3.8) is 0 Å². The molecule has 0 saturated carbocycles. The van der Waals surface area contributed by atoms with Crippen molar-refractivity contribution >= 4 is 5.95 Å². The number of nitrogens with zero attached hydrogens (tertiary/aromatic N) is 3. The monoisotopic (exact) mass is 236 g/mol. The molecule has 4 nitrogen and oxygen atoms in total. The molecule has 1 aliphatic heterocycles. The molecule has 96 valence electrons. The molecule has 1 aromatic heterocycles. The van der Waals surface area contributed by atoms with Gasteiger partial charge in [0.15, 0.2) is 0 Å². The number of nitrogens with one attached hydrogen (secondary N) is 1. The van der Waals surface area contributed by atoms with E-state index in [1.165, 1.54) is 0 Å². The molecule has 0 aromatic carbocycles. The summed E-state index contributed by atoms with van der Waals surface area (Å²) < 4.78 is 2.27. The minimum absolute atomic E-state index is 0.531. The molecule has 0 aliphatic carbocycles. The molecule has 17 heavy (non-hydrogen) atoms. The normalized spacial score (nSPS) is 25.6. The molecule has 2 heterocycles. The van der Waals surface area contributed by atoms with Gasteiger partial charge in [0.1, 0.15) is 0 Å². The van der Waals surface area contributed by atoms with Crippen molar-refractivity contribution in [1.29, 1.82) is 0 Å². The van der Waals surface area contributed by atoms with E-state index in [-0.39, 0.29) is 0 Å². The van der Waals surface area contributed by atoms with Gasteiger partial charge in [0.05, 0.1) is 0 Å². The summed E-state index contributed by atoms with van der Waals surface area (Å²) in [5.41, 5.74) is 0. The largest absolute Gasteiger partial charge is 0.339 e. The van der Waals surface area contributed by atoms with Gasteiger partial charge < -0.3 is 14.8 Å². The fourth-order valence-corrected chi connectivity index (χ4v) is 2.61. The lowest BCUT2D eigenvalue weighted by atomic mass is 10.1. The van der Waals surface area contributed by atoms with Crippen LogP contribution in [0.1, 0.15) is 27.7 Å². The summed E-state index contributed by atoms with van der Waals surface area (Å²) in [6.45, 7) is 12.1. The van der Waals surface area contributed by atoms with Gasteiger partial charge in [0.25, 0.3) is 0 Å². The Labute approximate surface area is 104 Å². The Morgan fingerprint density at radius 1 is 1.35 bits per heavy atom. The number of aromatic nitrogens is 2. The summed E-state index contributed by atoms with van der Waals surface area (Å²) in [7, 11) is 0. The molecule has 4 heteroatoms. The lowest BCUT2D eigenvalue weighted by molar-refractivity contribution is 0.397. The summed E-state index contributed by atoms with van der Waals surface area (Å²) in [6.07, 6.45) is 4.00. The maximum Gasteiger partial charge on any atom is 0.205 e. The van der Waals surface area contributed by atoms with Crippen LogP contribution in [0.2, 0.25) is 0 Å². The van der Waals surface area contributed by atoms with Crippen LogP contribution in [0, 0.1) is 5.92 Å². The van der Waals surface area contributed by atoms with Crippen LogP contribution < -0.4 is 10.2 Å². The average molecular weight is 236 g/mol. The maximum atomic E-state index is 4.52. The first-order valence-electron chi connectivity index (χ1n) is 6.58. The predicted molar refractivity (Wildman–Crippen MR) is 71.3 cm³/mol. The van der Waals surface area contributed by atoms with Crippen molar-refractivity contribution in [3.05, 3.63) is 12.4 Å². The van der Waals surface area contributed by atoms with E-state index < -0.39 is 0 Å². The zero-order valence-corrected chi connectivity index (χ0v) is 11.3. The van der Waals surface area contributed by atoms with E-state index in [1.54, 1.807) is 0 Å². The Morgan fingerprint density at radius 3 is 2.59 bits per heavy atom. The number of hydrogen-bond donors (Lipinski definition) is 1. The highest BCUT2D eigenvalue weighted by Crippen LogP contribution is 2.17. The van der Waals surface area contributed by atoms with Crippen LogP contribution in [0.25, 0.3) is 0 Å². The van der Waals surface area contributed by atoms with Gasteiger partial charge in [-0.05, 0) is 19.8 Å². The average Bonchev–Trinajstić information content (AvgIpc) is 2.63. The van der Waals surface area contributed by atoms with Gasteiger partial charge in [0.2, 0.25) is 5.95 Å². The van der Waals surface area contributed by atoms with E-state index in [1.807, 2.05) is 6.20 Å². The zero-order chi connectivity index (χ0) is 12.4. The van der Waals surface area contributed by atoms with Crippen LogP contribution in [0.4, 0.5) is 5.95 Å². The number of anilines is 1. The summed E-state index contributed by atoms with van der Waals surface area (Å²) >= 11 is 0. The third kappa shape index (κ3) is 3.00. The number of hydrogen-bond acceptors (Lipinski definition) is 3. The van der Waals surface area contributed by atoms with Crippen molar-refractivity contribution in [2.75, 3.05) is 18.0 Å². The van der Waals surface area contributed by atoms with Gasteiger partial charge in [-0.2, -0.15) is 0 Å². The summed E-state index contributed by atoms with van der Waals surface area (Å²) in [6, 6.07) is 1.06. The number of rotatable bonds is 3. The second-order valence-corrected chi connectivity index (χ2v) is 5.65. The zero-order valence-electron chi connectivity index (χ0n) is 11.3. The first-order valence-corrected chi connectivity index (χ1v) is 6.58. The van der Waals surface area contributed by atoms with E-state index in [2.05, 4.69) is 53.7 Å². The molecule has 2 rings (SSSR count). The van der Waals surface area contributed by atoms with Crippen LogP contribution in [0.3, 0.4) is 0 Å². The molecular formula is C13H24N4. The van der Waals surface area contributed by atoms with Crippen LogP contribution in [-0.2, 0) is 6.54 Å². The van der Waals surface area contributed by atoms with Crippen molar-refractivity contribution in [2.45, 2.75) is 46.3 Å². The van der Waals surface area contributed by atoms with Gasteiger partial charge in [0, 0.05) is 44.1 Å². The molecule has 1 saturated heterocycles. The standard InChI is InChI=1S/C13H24N4/c1-10(2)7-16-6-5-14-13(16)17-8-11(3)15-12(4)9-17/h5-6,10-12,15H,7-9H2,1-4H3. The fourth-order valence-electron chi connectivity index (χ4n) is 2.61. The highest BCUT2D eigenvalue weighted by Gasteiger charge is 2.23. The highest BCUT2D eigenvalue weighted by molar-refractivity contribution is 5.33. The Kier molecular flexibility index (Phi) is 3.72. The summed E-state index contributed by atoms with van der Waals surface area (Å²) in [5.74, 6) is 1.78. The molecule has 2 unspecified atom stereocenters. The number of piperazine rings is 1. The molecule has 0 amide bonds. The van der Waals surface area contributed by atoms with Crippen molar-refractivity contribution in [3.8, 4) is 0 Å². The van der Waals surface area contributed by atoms with Crippen LogP contribution in [0.15, 0.2) is 12.4 Å². The van der Waals surface area contributed by atoms with Gasteiger partial charge in [-0.3, -0.25) is 0 Å². The van der Waals surface area contributed by atoms with E-state index in [9.17, 15) is 0 Å². The van der Waals surface area contributed by atoms with E-state index in [4.69, 9.17) is 0 Å². The van der Waals surface area contributed by atoms with Gasteiger partial charge in [-0.1, -0.05) is 13.8 Å². The smallest absolute Gasteiger partial charge is 0.205 e. The molecular weight excluding hydrogens is 212 g/mol. The quantitative estimate of drug-likeness (QED) is 0.867. The van der Waals surface area contributed by atoms with Crippen molar-refractivity contribution in [2.24, 2.45) is 5.92 Å². The van der Waals surface area contributed by atoms with Crippen LogP contribution in [0.5, 0.6) is 0 Å². The Morgan fingerprint density at radius 2 is 2.00 bits per heavy atom. The van der Waals surface area contributed by atoms with Crippen molar-refractivity contribution in [1.82, 2.24) is 14.9 Å². The maximum absolute atomic E-state index is 4.52. The second-order valence-electron chi connectivity index (χ2n) is 5.65. The number of imidazole rings is 1. The lowest BCUT2D eigenvalue weighted by Crippen LogP contribution is -2.55. The minimum atomic E-state index is 0.531. The molecule has 0 radical (unpaired) electrons. The molecule has 1 aliphatic rings.